The van der Waals surface area contributed by atoms with Crippen LogP contribution in [0.25, 0.3) is 0 Å². The Kier molecular flexibility index (Phi) is 4.08. The molecule has 1 atom stereocenters. The van der Waals surface area contributed by atoms with Crippen molar-refractivity contribution in [1.29, 1.82) is 0 Å². The summed E-state index contributed by atoms with van der Waals surface area (Å²) in [4.78, 5) is 12.1. The van der Waals surface area contributed by atoms with Gasteiger partial charge in [-0.15, -0.1) is 0 Å². The maximum atomic E-state index is 13.6. The third kappa shape index (κ3) is 3.06. The van der Waals surface area contributed by atoms with E-state index in [0.29, 0.717) is 22.7 Å². The van der Waals surface area contributed by atoms with E-state index in [2.05, 4.69) is 5.32 Å². The van der Waals surface area contributed by atoms with E-state index in [-0.39, 0.29) is 11.9 Å². The van der Waals surface area contributed by atoms with Crippen LogP contribution in [-0.4, -0.2) is 11.9 Å². The number of rotatable bonds is 3. The lowest BCUT2D eigenvalue weighted by Crippen LogP contribution is -2.37. The first-order valence-corrected chi connectivity index (χ1v) is 6.85. The van der Waals surface area contributed by atoms with E-state index >= 15 is 0 Å². The monoisotopic (exact) mass is 264 g/mol. The number of nitrogens with two attached hydrogens (primary N) is 1. The molecule has 0 aliphatic heterocycles. The smallest absolute Gasteiger partial charge is 0.251 e. The van der Waals surface area contributed by atoms with Gasteiger partial charge in [0.2, 0.25) is 0 Å². The van der Waals surface area contributed by atoms with Crippen LogP contribution in [0, 0.1) is 18.7 Å². The minimum absolute atomic E-state index is 0.126. The molecule has 4 heteroatoms. The van der Waals surface area contributed by atoms with Gasteiger partial charge in [0.05, 0.1) is 0 Å². The Hall–Kier alpha value is -1.58. The molecule has 0 radical (unpaired) electrons. The summed E-state index contributed by atoms with van der Waals surface area (Å²) >= 11 is 0. The quantitative estimate of drug-likeness (QED) is 0.824. The number of nitrogen functional groups attached to an aromatic ring is 1. The average molecular weight is 264 g/mol. The molecule has 0 aromatic heterocycles. The number of halogens is 1. The second-order valence-corrected chi connectivity index (χ2v) is 5.48. The molecular formula is C15H21FN2O. The molecule has 1 aromatic carbocycles. The van der Waals surface area contributed by atoms with Crippen LogP contribution in [0.3, 0.4) is 0 Å². The lowest BCUT2D eigenvalue weighted by Gasteiger charge is -2.20. The second-order valence-electron chi connectivity index (χ2n) is 5.48. The highest BCUT2D eigenvalue weighted by molar-refractivity contribution is 5.95. The zero-order chi connectivity index (χ0) is 14.0. The maximum absolute atomic E-state index is 13.6. The van der Waals surface area contributed by atoms with E-state index in [1.54, 1.807) is 6.92 Å². The molecule has 1 amide bonds. The predicted molar refractivity (Wildman–Crippen MR) is 74.4 cm³/mol. The lowest BCUT2D eigenvalue weighted by molar-refractivity contribution is 0.0927. The molecule has 3 nitrogen and oxygen atoms in total. The molecule has 0 heterocycles. The van der Waals surface area contributed by atoms with E-state index in [1.165, 1.54) is 25.0 Å². The van der Waals surface area contributed by atoms with Crippen LogP contribution in [0.4, 0.5) is 10.1 Å². The Morgan fingerprint density at radius 1 is 1.42 bits per heavy atom. The van der Waals surface area contributed by atoms with Crippen molar-refractivity contribution in [3.05, 3.63) is 29.1 Å². The van der Waals surface area contributed by atoms with Crippen molar-refractivity contribution in [1.82, 2.24) is 5.32 Å². The van der Waals surface area contributed by atoms with Gasteiger partial charge in [0.15, 0.2) is 0 Å². The van der Waals surface area contributed by atoms with Gasteiger partial charge in [-0.1, -0.05) is 12.8 Å². The van der Waals surface area contributed by atoms with Gasteiger partial charge in [-0.2, -0.15) is 0 Å². The Balaban J connectivity index is 2.07. The van der Waals surface area contributed by atoms with E-state index in [9.17, 15) is 9.18 Å². The van der Waals surface area contributed by atoms with Gasteiger partial charge in [-0.05, 0) is 44.7 Å². The van der Waals surface area contributed by atoms with Crippen LogP contribution >= 0.6 is 0 Å². The Morgan fingerprint density at radius 2 is 2.05 bits per heavy atom. The first kappa shape index (κ1) is 13.8. The fraction of sp³-hybridized carbons (Fsp3) is 0.533. The first-order chi connectivity index (χ1) is 8.99. The topological polar surface area (TPSA) is 55.1 Å². The van der Waals surface area contributed by atoms with Crippen molar-refractivity contribution in [2.24, 2.45) is 5.92 Å². The van der Waals surface area contributed by atoms with Crippen LogP contribution in [0.2, 0.25) is 0 Å². The van der Waals surface area contributed by atoms with Crippen LogP contribution < -0.4 is 11.1 Å². The molecule has 104 valence electrons. The minimum Gasteiger partial charge on any atom is -0.398 e. The maximum Gasteiger partial charge on any atom is 0.251 e. The number of amides is 1. The highest BCUT2D eigenvalue weighted by Crippen LogP contribution is 2.27. The largest absolute Gasteiger partial charge is 0.398 e. The Labute approximate surface area is 113 Å². The number of hydrogen-bond acceptors (Lipinski definition) is 2. The van der Waals surface area contributed by atoms with E-state index in [1.807, 2.05) is 6.92 Å². The van der Waals surface area contributed by atoms with Gasteiger partial charge in [0.1, 0.15) is 5.82 Å². The van der Waals surface area contributed by atoms with Crippen molar-refractivity contribution in [2.75, 3.05) is 5.73 Å². The van der Waals surface area contributed by atoms with Crippen molar-refractivity contribution in [3.63, 3.8) is 0 Å². The summed E-state index contributed by atoms with van der Waals surface area (Å²) < 4.78 is 13.6. The van der Waals surface area contributed by atoms with Gasteiger partial charge in [0, 0.05) is 22.9 Å². The molecule has 0 saturated heterocycles. The molecule has 1 aliphatic carbocycles. The van der Waals surface area contributed by atoms with E-state index in [0.717, 1.165) is 12.8 Å². The van der Waals surface area contributed by atoms with Crippen LogP contribution in [0.5, 0.6) is 0 Å². The van der Waals surface area contributed by atoms with Gasteiger partial charge in [0.25, 0.3) is 5.91 Å². The SMILES string of the molecule is Cc1c(N)cc(C(=O)NC(C)C2CCCC2)cc1F. The van der Waals surface area contributed by atoms with Gasteiger partial charge < -0.3 is 11.1 Å². The minimum atomic E-state index is -0.432. The Bertz CT molecular complexity index is 458. The third-order valence-corrected chi connectivity index (χ3v) is 4.11. The number of benzene rings is 1. The van der Waals surface area contributed by atoms with Crippen molar-refractivity contribution in [2.45, 2.75) is 45.6 Å². The van der Waals surface area contributed by atoms with Crippen LogP contribution in [0.1, 0.15) is 48.5 Å². The third-order valence-electron chi connectivity index (χ3n) is 4.11. The fourth-order valence-electron chi connectivity index (χ4n) is 2.70. The number of carbonyl (C=O) groups excluding carboxylic acids is 1. The molecule has 1 aromatic rings. The predicted octanol–water partition coefficient (Wildman–Crippen LogP) is 3.02. The van der Waals surface area contributed by atoms with Gasteiger partial charge in [-0.25, -0.2) is 4.39 Å². The average Bonchev–Trinajstić information content (AvgIpc) is 2.89. The summed E-state index contributed by atoms with van der Waals surface area (Å²) in [6.07, 6.45) is 4.78. The summed E-state index contributed by atoms with van der Waals surface area (Å²) in [5.74, 6) is -0.139. The van der Waals surface area contributed by atoms with Gasteiger partial charge in [-0.3, -0.25) is 4.79 Å². The molecule has 1 aliphatic rings. The standard InChI is InChI=1S/C15H21FN2O/c1-9-13(16)7-12(8-14(9)17)15(19)18-10(2)11-5-3-4-6-11/h7-8,10-11H,3-6,17H2,1-2H3,(H,18,19). The van der Waals surface area contributed by atoms with Crippen molar-refractivity contribution < 1.29 is 9.18 Å². The zero-order valence-corrected chi connectivity index (χ0v) is 11.5. The summed E-state index contributed by atoms with van der Waals surface area (Å²) in [5, 5.41) is 2.95. The molecule has 19 heavy (non-hydrogen) atoms. The highest BCUT2D eigenvalue weighted by Gasteiger charge is 2.23. The first-order valence-electron chi connectivity index (χ1n) is 6.85. The zero-order valence-electron chi connectivity index (χ0n) is 11.5. The fourth-order valence-corrected chi connectivity index (χ4v) is 2.70. The van der Waals surface area contributed by atoms with Crippen LogP contribution in [-0.2, 0) is 0 Å². The van der Waals surface area contributed by atoms with E-state index < -0.39 is 5.82 Å². The number of anilines is 1. The lowest BCUT2D eigenvalue weighted by atomic mass is 9.99. The summed E-state index contributed by atoms with van der Waals surface area (Å²) in [5.41, 5.74) is 6.70. The molecule has 0 bridgehead atoms. The Morgan fingerprint density at radius 3 is 2.63 bits per heavy atom. The van der Waals surface area contributed by atoms with Crippen molar-refractivity contribution in [3.8, 4) is 0 Å². The van der Waals surface area contributed by atoms with Gasteiger partial charge >= 0.3 is 0 Å². The molecule has 1 fully saturated rings. The van der Waals surface area contributed by atoms with Crippen molar-refractivity contribution >= 4 is 11.6 Å². The molecule has 1 unspecified atom stereocenters. The number of nitrogens with one attached hydrogen (secondary N) is 1. The normalized spacial score (nSPS) is 17.4. The molecule has 3 N–H and O–H groups in total. The molecule has 0 spiro atoms. The highest BCUT2D eigenvalue weighted by atomic mass is 19.1. The molecule has 2 rings (SSSR count). The van der Waals surface area contributed by atoms with Crippen LogP contribution in [0.15, 0.2) is 12.1 Å². The number of hydrogen-bond donors (Lipinski definition) is 2. The summed E-state index contributed by atoms with van der Waals surface area (Å²) in [6.45, 7) is 3.62. The summed E-state index contributed by atoms with van der Waals surface area (Å²) in [6, 6.07) is 2.91. The molecular weight excluding hydrogens is 243 g/mol. The molecule has 1 saturated carbocycles. The second kappa shape index (κ2) is 5.59. The summed E-state index contributed by atoms with van der Waals surface area (Å²) in [7, 11) is 0. The number of carbonyl (C=O) groups is 1. The van der Waals surface area contributed by atoms with E-state index in [4.69, 9.17) is 5.73 Å².